The first kappa shape index (κ1) is 17.9. The third kappa shape index (κ3) is 3.24. The van der Waals surface area contributed by atoms with E-state index in [0.29, 0.717) is 11.1 Å². The van der Waals surface area contributed by atoms with Crippen LogP contribution in [0.3, 0.4) is 0 Å². The number of benzene rings is 2. The van der Waals surface area contributed by atoms with Crippen LogP contribution in [-0.4, -0.2) is 20.4 Å². The number of rotatable bonds is 4. The highest BCUT2D eigenvalue weighted by molar-refractivity contribution is 5.95. The molecule has 0 aliphatic carbocycles. The second kappa shape index (κ2) is 7.23. The van der Waals surface area contributed by atoms with E-state index in [-0.39, 0.29) is 18.3 Å². The molecule has 2 heterocycles. The van der Waals surface area contributed by atoms with Crippen LogP contribution < -0.4 is 5.32 Å². The van der Waals surface area contributed by atoms with Gasteiger partial charge in [0.15, 0.2) is 5.65 Å². The Hall–Kier alpha value is -3.54. The highest BCUT2D eigenvalue weighted by Gasteiger charge is 2.15. The van der Waals surface area contributed by atoms with Crippen molar-refractivity contribution >= 4 is 17.1 Å². The van der Waals surface area contributed by atoms with Crippen LogP contribution >= 0.6 is 0 Å². The van der Waals surface area contributed by atoms with Gasteiger partial charge >= 0.3 is 0 Å². The number of hydrogen-bond donors (Lipinski definition) is 1. The predicted molar refractivity (Wildman–Crippen MR) is 106 cm³/mol. The Bertz CT molecular complexity index is 1180. The van der Waals surface area contributed by atoms with Crippen molar-refractivity contribution in [3.8, 4) is 5.69 Å². The van der Waals surface area contributed by atoms with Crippen LogP contribution in [0.2, 0.25) is 0 Å². The van der Waals surface area contributed by atoms with Gasteiger partial charge in [-0.2, -0.15) is 0 Å². The molecular formula is C22H19FN4O. The van der Waals surface area contributed by atoms with Crippen molar-refractivity contribution in [2.45, 2.75) is 20.4 Å². The summed E-state index contributed by atoms with van der Waals surface area (Å²) >= 11 is 0. The third-order valence-electron chi connectivity index (χ3n) is 4.69. The van der Waals surface area contributed by atoms with Crippen LogP contribution in [0.4, 0.5) is 4.39 Å². The van der Waals surface area contributed by atoms with Gasteiger partial charge in [-0.25, -0.2) is 14.4 Å². The minimum Gasteiger partial charge on any atom is -0.348 e. The van der Waals surface area contributed by atoms with E-state index < -0.39 is 0 Å². The summed E-state index contributed by atoms with van der Waals surface area (Å²) in [6.07, 6.45) is 1.72. The molecule has 0 fully saturated rings. The molecule has 1 amide bonds. The van der Waals surface area contributed by atoms with Crippen molar-refractivity contribution in [1.82, 2.24) is 19.9 Å². The summed E-state index contributed by atoms with van der Waals surface area (Å²) in [5.74, 6) is 0.194. The van der Waals surface area contributed by atoms with Crippen LogP contribution in [-0.2, 0) is 6.54 Å². The maximum atomic E-state index is 13.8. The van der Waals surface area contributed by atoms with Gasteiger partial charge in [0.25, 0.3) is 5.91 Å². The fourth-order valence-corrected chi connectivity index (χ4v) is 3.22. The first-order valence-corrected chi connectivity index (χ1v) is 8.97. The topological polar surface area (TPSA) is 59.8 Å². The Morgan fingerprint density at radius 2 is 1.93 bits per heavy atom. The molecule has 0 aliphatic heterocycles. The van der Waals surface area contributed by atoms with E-state index in [4.69, 9.17) is 0 Å². The number of nitrogens with one attached hydrogen (secondary N) is 1. The number of carbonyl (C=O) groups excluding carboxylic acids is 1. The predicted octanol–water partition coefficient (Wildman–Crippen LogP) is 4.11. The van der Waals surface area contributed by atoms with Crippen molar-refractivity contribution in [2.24, 2.45) is 0 Å². The summed E-state index contributed by atoms with van der Waals surface area (Å²) in [5.41, 5.74) is 4.33. The summed E-state index contributed by atoms with van der Waals surface area (Å²) in [6, 6.07) is 15.6. The number of imidazole rings is 1. The second-order valence-electron chi connectivity index (χ2n) is 6.62. The average Bonchev–Trinajstić information content (AvgIpc) is 3.03. The molecule has 1 N–H and O–H groups in total. The highest BCUT2D eigenvalue weighted by atomic mass is 19.1. The molecule has 2 aromatic carbocycles. The number of nitrogens with zero attached hydrogens (tertiary/aromatic N) is 3. The zero-order chi connectivity index (χ0) is 19.7. The van der Waals surface area contributed by atoms with E-state index in [9.17, 15) is 9.18 Å². The normalized spacial score (nSPS) is 11.0. The summed E-state index contributed by atoms with van der Waals surface area (Å²) in [7, 11) is 0. The maximum absolute atomic E-state index is 13.8. The molecule has 0 spiro atoms. The summed E-state index contributed by atoms with van der Waals surface area (Å²) in [5, 5.41) is 2.78. The van der Waals surface area contributed by atoms with Crippen molar-refractivity contribution in [1.29, 1.82) is 0 Å². The molecule has 6 heteroatoms. The molecule has 0 radical (unpaired) electrons. The first-order valence-electron chi connectivity index (χ1n) is 8.97. The van der Waals surface area contributed by atoms with Crippen molar-refractivity contribution in [3.05, 3.63) is 89.1 Å². The largest absolute Gasteiger partial charge is 0.348 e. The Morgan fingerprint density at radius 1 is 1.11 bits per heavy atom. The first-order chi connectivity index (χ1) is 13.5. The van der Waals surface area contributed by atoms with Crippen LogP contribution in [0.1, 0.15) is 27.3 Å². The standard InChI is InChI=1S/C22H19FN4O/c1-14-9-10-16(22(28)25-13-17-6-3-4-7-18(17)23)12-20(14)27-15(2)26-19-8-5-11-24-21(19)27/h3-12H,13H2,1-2H3,(H,25,28). The number of aromatic nitrogens is 3. The van der Waals surface area contributed by atoms with Crippen LogP contribution in [0.15, 0.2) is 60.8 Å². The minimum absolute atomic E-state index is 0.128. The molecule has 5 nitrogen and oxygen atoms in total. The quantitative estimate of drug-likeness (QED) is 0.585. The van der Waals surface area contributed by atoms with Gasteiger partial charge in [-0.1, -0.05) is 24.3 Å². The Kier molecular flexibility index (Phi) is 4.61. The van der Waals surface area contributed by atoms with Crippen LogP contribution in [0.25, 0.3) is 16.9 Å². The fourth-order valence-electron chi connectivity index (χ4n) is 3.22. The summed E-state index contributed by atoms with van der Waals surface area (Å²) in [6.45, 7) is 4.01. The van der Waals surface area contributed by atoms with Gasteiger partial charge in [-0.05, 0) is 49.7 Å². The molecule has 2 aromatic heterocycles. The molecule has 140 valence electrons. The number of carbonyl (C=O) groups is 1. The molecule has 4 aromatic rings. The number of fused-ring (bicyclic) bond motifs is 1. The van der Waals surface area contributed by atoms with E-state index in [2.05, 4.69) is 15.3 Å². The Morgan fingerprint density at radius 3 is 2.75 bits per heavy atom. The van der Waals surface area contributed by atoms with Gasteiger partial charge in [0, 0.05) is 23.9 Å². The second-order valence-corrected chi connectivity index (χ2v) is 6.62. The molecule has 0 saturated carbocycles. The van der Waals surface area contributed by atoms with E-state index in [1.54, 1.807) is 30.5 Å². The Labute approximate surface area is 161 Å². The number of pyridine rings is 1. The lowest BCUT2D eigenvalue weighted by Crippen LogP contribution is -2.23. The van der Waals surface area contributed by atoms with Crippen LogP contribution in [0.5, 0.6) is 0 Å². The molecule has 0 unspecified atom stereocenters. The molecule has 4 rings (SSSR count). The van der Waals surface area contributed by atoms with Crippen molar-refractivity contribution in [3.63, 3.8) is 0 Å². The Balaban J connectivity index is 1.66. The van der Waals surface area contributed by atoms with Gasteiger partial charge in [0.05, 0.1) is 5.69 Å². The number of aryl methyl sites for hydroxylation is 2. The van der Waals surface area contributed by atoms with Crippen molar-refractivity contribution < 1.29 is 9.18 Å². The lowest BCUT2D eigenvalue weighted by Gasteiger charge is -2.12. The average molecular weight is 374 g/mol. The molecular weight excluding hydrogens is 355 g/mol. The number of hydrogen-bond acceptors (Lipinski definition) is 3. The van der Waals surface area contributed by atoms with E-state index >= 15 is 0 Å². The van der Waals surface area contributed by atoms with E-state index in [1.807, 2.05) is 42.7 Å². The number of amides is 1. The fraction of sp³-hybridized carbons (Fsp3) is 0.136. The lowest BCUT2D eigenvalue weighted by atomic mass is 10.1. The molecule has 0 atom stereocenters. The van der Waals surface area contributed by atoms with E-state index in [0.717, 1.165) is 28.2 Å². The summed E-state index contributed by atoms with van der Waals surface area (Å²) in [4.78, 5) is 21.6. The monoisotopic (exact) mass is 374 g/mol. The minimum atomic E-state index is -0.334. The van der Waals surface area contributed by atoms with E-state index in [1.165, 1.54) is 6.07 Å². The zero-order valence-electron chi connectivity index (χ0n) is 15.6. The molecule has 0 aliphatic rings. The summed E-state index contributed by atoms with van der Waals surface area (Å²) < 4.78 is 15.7. The van der Waals surface area contributed by atoms with Gasteiger partial charge in [-0.3, -0.25) is 9.36 Å². The molecule has 0 saturated heterocycles. The number of halogens is 1. The van der Waals surface area contributed by atoms with Gasteiger partial charge in [0.2, 0.25) is 0 Å². The van der Waals surface area contributed by atoms with Gasteiger partial charge in [0.1, 0.15) is 17.2 Å². The highest BCUT2D eigenvalue weighted by Crippen LogP contribution is 2.23. The maximum Gasteiger partial charge on any atom is 0.251 e. The van der Waals surface area contributed by atoms with Gasteiger partial charge < -0.3 is 5.32 Å². The van der Waals surface area contributed by atoms with Crippen molar-refractivity contribution in [2.75, 3.05) is 0 Å². The van der Waals surface area contributed by atoms with Crippen LogP contribution in [0, 0.1) is 19.7 Å². The lowest BCUT2D eigenvalue weighted by molar-refractivity contribution is 0.0950. The van der Waals surface area contributed by atoms with Gasteiger partial charge in [-0.15, -0.1) is 0 Å². The molecule has 28 heavy (non-hydrogen) atoms. The third-order valence-corrected chi connectivity index (χ3v) is 4.69. The smallest absolute Gasteiger partial charge is 0.251 e. The molecule has 0 bridgehead atoms. The SMILES string of the molecule is Cc1ccc(C(=O)NCc2ccccc2F)cc1-n1c(C)nc2cccnc21. The zero-order valence-corrected chi connectivity index (χ0v) is 15.6.